The third kappa shape index (κ3) is 3.73. The second-order valence-corrected chi connectivity index (χ2v) is 6.01. The minimum absolute atomic E-state index is 0.106. The summed E-state index contributed by atoms with van der Waals surface area (Å²) >= 11 is 0. The highest BCUT2D eigenvalue weighted by Gasteiger charge is 2.22. The van der Waals surface area contributed by atoms with E-state index in [0.717, 1.165) is 11.1 Å². The molecule has 0 saturated heterocycles. The van der Waals surface area contributed by atoms with Crippen LogP contribution in [-0.2, 0) is 16.1 Å². The van der Waals surface area contributed by atoms with Gasteiger partial charge in [0.15, 0.2) is 18.1 Å². The Morgan fingerprint density at radius 3 is 2.79 bits per heavy atom. The molecule has 142 valence electrons. The lowest BCUT2D eigenvalue weighted by atomic mass is 10.1. The van der Waals surface area contributed by atoms with Crippen LogP contribution in [0, 0.1) is 0 Å². The van der Waals surface area contributed by atoms with Gasteiger partial charge in [-0.1, -0.05) is 30.3 Å². The van der Waals surface area contributed by atoms with Crippen LogP contribution in [0.1, 0.15) is 18.4 Å². The molecule has 0 N–H and O–H groups in total. The molecule has 4 rings (SSSR count). The van der Waals surface area contributed by atoms with E-state index in [9.17, 15) is 4.79 Å². The van der Waals surface area contributed by atoms with Gasteiger partial charge >= 0.3 is 5.97 Å². The van der Waals surface area contributed by atoms with Crippen LogP contribution >= 0.6 is 0 Å². The lowest BCUT2D eigenvalue weighted by Crippen LogP contribution is -2.17. The van der Waals surface area contributed by atoms with Crippen molar-refractivity contribution in [2.24, 2.45) is 0 Å². The van der Waals surface area contributed by atoms with E-state index in [2.05, 4.69) is 10.2 Å². The summed E-state index contributed by atoms with van der Waals surface area (Å²) in [5.41, 5.74) is 1.98. The zero-order valence-electron chi connectivity index (χ0n) is 15.3. The van der Waals surface area contributed by atoms with Gasteiger partial charge in [-0.15, -0.1) is 10.2 Å². The maximum Gasteiger partial charge on any atom is 0.338 e. The zero-order valence-corrected chi connectivity index (χ0v) is 15.3. The molecule has 28 heavy (non-hydrogen) atoms. The monoisotopic (exact) mass is 378 g/mol. The molecule has 0 atom stereocenters. The van der Waals surface area contributed by atoms with Crippen LogP contribution in [0.25, 0.3) is 17.5 Å². The van der Waals surface area contributed by atoms with E-state index >= 15 is 0 Å². The average Bonchev–Trinajstić information content (AvgIpc) is 3.22. The van der Waals surface area contributed by atoms with Crippen molar-refractivity contribution in [2.45, 2.75) is 13.5 Å². The van der Waals surface area contributed by atoms with E-state index in [1.165, 1.54) is 0 Å². The van der Waals surface area contributed by atoms with Crippen molar-refractivity contribution in [3.05, 3.63) is 65.6 Å². The first kappa shape index (κ1) is 17.8. The molecule has 0 unspecified atom stereocenters. The molecule has 0 radical (unpaired) electrons. The highest BCUT2D eigenvalue weighted by molar-refractivity contribution is 5.95. The number of para-hydroxylation sites is 1. The number of benzene rings is 2. The van der Waals surface area contributed by atoms with Crippen molar-refractivity contribution in [1.29, 1.82) is 0 Å². The van der Waals surface area contributed by atoms with Gasteiger partial charge in [-0.05, 0) is 31.2 Å². The third-order valence-corrected chi connectivity index (χ3v) is 4.09. The van der Waals surface area contributed by atoms with Crippen LogP contribution in [0.2, 0.25) is 0 Å². The molecule has 0 aliphatic carbocycles. The maximum absolute atomic E-state index is 12.4. The first-order valence-corrected chi connectivity index (χ1v) is 8.88. The van der Waals surface area contributed by atoms with Crippen molar-refractivity contribution in [3.8, 4) is 23.0 Å². The van der Waals surface area contributed by atoms with Gasteiger partial charge in [-0.2, -0.15) is 0 Å². The summed E-state index contributed by atoms with van der Waals surface area (Å²) in [5, 5.41) is 7.89. The van der Waals surface area contributed by atoms with Crippen molar-refractivity contribution < 1.29 is 23.4 Å². The predicted octanol–water partition coefficient (Wildman–Crippen LogP) is 3.65. The van der Waals surface area contributed by atoms with Crippen LogP contribution in [0.15, 0.2) is 58.5 Å². The molecule has 0 bridgehead atoms. The summed E-state index contributed by atoms with van der Waals surface area (Å²) in [4.78, 5) is 12.4. The Bertz CT molecular complexity index is 1010. The largest absolute Gasteiger partial charge is 0.490 e. The number of carbonyl (C=O) groups excluding carboxylic acids is 1. The number of rotatable bonds is 6. The van der Waals surface area contributed by atoms with Gasteiger partial charge in [0.05, 0.1) is 12.2 Å². The van der Waals surface area contributed by atoms with Gasteiger partial charge in [0, 0.05) is 11.1 Å². The summed E-state index contributed by atoms with van der Waals surface area (Å²) in [6, 6.07) is 14.9. The smallest absolute Gasteiger partial charge is 0.338 e. The Kier molecular flexibility index (Phi) is 5.05. The van der Waals surface area contributed by atoms with Crippen molar-refractivity contribution in [2.75, 3.05) is 13.2 Å². The summed E-state index contributed by atoms with van der Waals surface area (Å²) in [5.74, 6) is 1.40. The van der Waals surface area contributed by atoms with Crippen LogP contribution in [0.5, 0.6) is 11.5 Å². The van der Waals surface area contributed by atoms with Gasteiger partial charge in [0.25, 0.3) is 5.89 Å². The Morgan fingerprint density at radius 1 is 1.11 bits per heavy atom. The Morgan fingerprint density at radius 2 is 1.96 bits per heavy atom. The number of ether oxygens (including phenoxy) is 3. The fourth-order valence-electron chi connectivity index (χ4n) is 2.80. The quantitative estimate of drug-likeness (QED) is 0.605. The topological polar surface area (TPSA) is 83.7 Å². The average molecular weight is 378 g/mol. The van der Waals surface area contributed by atoms with Crippen LogP contribution in [0.4, 0.5) is 0 Å². The van der Waals surface area contributed by atoms with Gasteiger partial charge in [0.2, 0.25) is 5.89 Å². The number of nitrogens with zero attached hydrogens (tertiary/aromatic N) is 2. The van der Waals surface area contributed by atoms with E-state index in [0.29, 0.717) is 29.6 Å². The highest BCUT2D eigenvalue weighted by Crippen LogP contribution is 2.36. The second-order valence-electron chi connectivity index (χ2n) is 6.01. The molecule has 1 aromatic heterocycles. The minimum Gasteiger partial charge on any atom is -0.490 e. The fourth-order valence-corrected chi connectivity index (χ4v) is 2.80. The number of carbonyl (C=O) groups is 1. The van der Waals surface area contributed by atoms with Crippen LogP contribution in [0.3, 0.4) is 0 Å². The number of hydrogen-bond donors (Lipinski definition) is 0. The van der Waals surface area contributed by atoms with E-state index in [1.807, 2.05) is 55.5 Å². The minimum atomic E-state index is -0.494. The summed E-state index contributed by atoms with van der Waals surface area (Å²) < 4.78 is 22.1. The highest BCUT2D eigenvalue weighted by atomic mass is 16.5. The van der Waals surface area contributed by atoms with Gasteiger partial charge < -0.3 is 18.6 Å². The number of esters is 1. The molecule has 2 heterocycles. The SMILES string of the molecule is CCOc1cccc2c1OCC(C(=O)OCc1nnc(-c3ccccc3)o1)=C2. The summed E-state index contributed by atoms with van der Waals surface area (Å²) in [7, 11) is 0. The van der Waals surface area contributed by atoms with E-state index < -0.39 is 5.97 Å². The summed E-state index contributed by atoms with van der Waals surface area (Å²) in [6.45, 7) is 2.44. The molecule has 7 heteroatoms. The molecular formula is C21H18N2O5. The first-order valence-electron chi connectivity index (χ1n) is 8.88. The molecule has 0 saturated carbocycles. The fraction of sp³-hybridized carbons (Fsp3) is 0.190. The van der Waals surface area contributed by atoms with E-state index in [1.54, 1.807) is 6.08 Å². The van der Waals surface area contributed by atoms with Crippen molar-refractivity contribution in [1.82, 2.24) is 10.2 Å². The Labute approximate surface area is 161 Å². The van der Waals surface area contributed by atoms with Crippen molar-refractivity contribution >= 4 is 12.0 Å². The lowest BCUT2D eigenvalue weighted by molar-refractivity contribution is -0.141. The molecule has 0 amide bonds. The Hall–Kier alpha value is -3.61. The second kappa shape index (κ2) is 7.96. The molecule has 2 aromatic carbocycles. The number of aromatic nitrogens is 2. The third-order valence-electron chi connectivity index (χ3n) is 4.09. The van der Waals surface area contributed by atoms with Gasteiger partial charge in [-0.3, -0.25) is 0 Å². The number of fused-ring (bicyclic) bond motifs is 1. The molecule has 7 nitrogen and oxygen atoms in total. The molecule has 3 aromatic rings. The van der Waals surface area contributed by atoms with Gasteiger partial charge in [0.1, 0.15) is 6.61 Å². The van der Waals surface area contributed by atoms with Crippen LogP contribution in [-0.4, -0.2) is 29.4 Å². The predicted molar refractivity (Wildman–Crippen MR) is 101 cm³/mol. The molecule has 1 aliphatic rings. The normalized spacial score (nSPS) is 12.5. The number of hydrogen-bond acceptors (Lipinski definition) is 7. The van der Waals surface area contributed by atoms with E-state index in [-0.39, 0.29) is 19.1 Å². The lowest BCUT2D eigenvalue weighted by Gasteiger charge is -2.19. The molecule has 0 fully saturated rings. The molecule has 0 spiro atoms. The van der Waals surface area contributed by atoms with Crippen LogP contribution < -0.4 is 9.47 Å². The summed E-state index contributed by atoms with van der Waals surface area (Å²) in [6.07, 6.45) is 1.74. The van der Waals surface area contributed by atoms with E-state index in [4.69, 9.17) is 18.6 Å². The first-order chi connectivity index (χ1) is 13.7. The van der Waals surface area contributed by atoms with Gasteiger partial charge in [-0.25, -0.2) is 4.79 Å². The zero-order chi connectivity index (χ0) is 19.3. The standard InChI is InChI=1S/C21H18N2O5/c1-2-25-17-10-6-9-15-11-16(12-26-19(15)17)21(24)27-13-18-22-23-20(28-18)14-7-4-3-5-8-14/h3-11H,2,12-13H2,1H3. The maximum atomic E-state index is 12.4. The Balaban J connectivity index is 1.42. The molecular weight excluding hydrogens is 360 g/mol. The van der Waals surface area contributed by atoms with Crippen molar-refractivity contribution in [3.63, 3.8) is 0 Å². The molecule has 1 aliphatic heterocycles.